The van der Waals surface area contributed by atoms with Crippen molar-refractivity contribution in [1.82, 2.24) is 40.2 Å². The zero-order valence-corrected chi connectivity index (χ0v) is 42.8. The molecule has 8 rings (SSSR count). The van der Waals surface area contributed by atoms with Gasteiger partial charge in [-0.15, -0.1) is 32.9 Å². The SMILES string of the molecule is COC(=O)[C@@H](C)[C@@H]1N=C(c2ccc(C3=CCN(CCC(=O)N[C@H](C(=O)N4C[C@H](O)C[C@H]4C(=O)N[C@@H](C)c4ccc(-c5scnc5C)cc4)C(C)(C)C)CC3)cc2)c2c(sc(C)c2C)-n2c(C)nnc21. The highest BCUT2D eigenvalue weighted by molar-refractivity contribution is 7.15. The molecule has 3 aromatic heterocycles. The topological polar surface area (TPSA) is 184 Å². The lowest BCUT2D eigenvalue weighted by molar-refractivity contribution is -0.145. The number of aryl methyl sites for hydroxylation is 3. The minimum atomic E-state index is -0.907. The highest BCUT2D eigenvalue weighted by Crippen LogP contribution is 2.41. The number of nitrogens with one attached hydrogen (secondary N) is 2. The number of aromatic nitrogens is 4. The Kier molecular flexibility index (Phi) is 14.5. The van der Waals surface area contributed by atoms with E-state index in [1.807, 2.05) is 82.8 Å². The summed E-state index contributed by atoms with van der Waals surface area (Å²) in [6.07, 6.45) is 2.44. The summed E-state index contributed by atoms with van der Waals surface area (Å²) in [6, 6.07) is 13.7. The van der Waals surface area contributed by atoms with Gasteiger partial charge in [-0.3, -0.25) is 33.6 Å². The third-order valence-corrected chi connectivity index (χ3v) is 15.9. The van der Waals surface area contributed by atoms with E-state index >= 15 is 0 Å². The highest BCUT2D eigenvalue weighted by atomic mass is 32.1. The van der Waals surface area contributed by atoms with Gasteiger partial charge in [0.1, 0.15) is 29.0 Å². The van der Waals surface area contributed by atoms with Gasteiger partial charge in [-0.05, 0) is 81.2 Å². The molecule has 3 amide bonds. The highest BCUT2D eigenvalue weighted by Gasteiger charge is 2.45. The molecule has 3 aliphatic heterocycles. The molecule has 0 aliphatic carbocycles. The van der Waals surface area contributed by atoms with E-state index in [2.05, 4.69) is 74.9 Å². The first kappa shape index (κ1) is 49.5. The normalized spacial score (nSPS) is 19.6. The maximum Gasteiger partial charge on any atom is 0.311 e. The summed E-state index contributed by atoms with van der Waals surface area (Å²) >= 11 is 3.25. The van der Waals surface area contributed by atoms with Gasteiger partial charge in [0.25, 0.3) is 0 Å². The van der Waals surface area contributed by atoms with Crippen molar-refractivity contribution in [3.8, 4) is 15.4 Å². The number of aliphatic hydroxyl groups excluding tert-OH is 1. The number of benzene rings is 2. The molecular weight excluding hydrogens is 911 g/mol. The van der Waals surface area contributed by atoms with Gasteiger partial charge < -0.3 is 25.4 Å². The van der Waals surface area contributed by atoms with Crippen LogP contribution in [0.15, 0.2) is 65.1 Å². The van der Waals surface area contributed by atoms with Gasteiger partial charge in [0.15, 0.2) is 5.82 Å². The number of carbonyl (C=O) groups excluding carboxylic acids is 4. The van der Waals surface area contributed by atoms with Gasteiger partial charge in [0, 0.05) is 55.0 Å². The largest absolute Gasteiger partial charge is 0.469 e. The fourth-order valence-electron chi connectivity index (χ4n) is 9.52. The minimum absolute atomic E-state index is 0.00654. The predicted octanol–water partition coefficient (Wildman–Crippen LogP) is 7.24. The number of methoxy groups -OCH3 is 1. The number of esters is 1. The number of hydrogen-bond donors (Lipinski definition) is 3. The number of likely N-dealkylation sites (tertiary alicyclic amines) is 1. The number of thiazole rings is 1. The van der Waals surface area contributed by atoms with Crippen LogP contribution in [0.2, 0.25) is 0 Å². The first-order valence-corrected chi connectivity index (χ1v) is 25.3. The molecule has 0 spiro atoms. The van der Waals surface area contributed by atoms with Crippen LogP contribution in [0.1, 0.15) is 116 Å². The molecule has 364 valence electrons. The quantitative estimate of drug-likeness (QED) is 0.102. The number of aliphatic hydroxyl groups is 1. The van der Waals surface area contributed by atoms with E-state index < -0.39 is 35.6 Å². The molecule has 1 fully saturated rings. The third kappa shape index (κ3) is 10.2. The van der Waals surface area contributed by atoms with Crippen LogP contribution in [0.25, 0.3) is 21.0 Å². The van der Waals surface area contributed by atoms with Crippen molar-refractivity contribution in [2.45, 2.75) is 112 Å². The first-order chi connectivity index (χ1) is 32.8. The average Bonchev–Trinajstić information content (AvgIpc) is 4.10. The smallest absolute Gasteiger partial charge is 0.311 e. The van der Waals surface area contributed by atoms with Gasteiger partial charge in [0.2, 0.25) is 17.7 Å². The number of thiophene rings is 1. The Balaban J connectivity index is 0.888. The Morgan fingerprint density at radius 1 is 0.942 bits per heavy atom. The molecule has 69 heavy (non-hydrogen) atoms. The molecule has 6 heterocycles. The van der Waals surface area contributed by atoms with Crippen LogP contribution >= 0.6 is 22.7 Å². The van der Waals surface area contributed by atoms with Crippen LogP contribution in [0.4, 0.5) is 0 Å². The van der Waals surface area contributed by atoms with Crippen LogP contribution in [0, 0.1) is 39.0 Å². The molecule has 2 aromatic carbocycles. The molecule has 3 N–H and O–H groups in total. The van der Waals surface area contributed by atoms with Crippen molar-refractivity contribution in [3.05, 3.63) is 110 Å². The molecule has 0 bridgehead atoms. The second kappa shape index (κ2) is 20.2. The van der Waals surface area contributed by atoms with Crippen molar-refractivity contribution in [2.75, 3.05) is 33.3 Å². The Bertz CT molecular complexity index is 2800. The second-order valence-electron chi connectivity index (χ2n) is 19.6. The monoisotopic (exact) mass is 973 g/mol. The van der Waals surface area contributed by atoms with E-state index in [-0.39, 0.29) is 49.1 Å². The molecule has 17 heteroatoms. The first-order valence-electron chi connectivity index (χ1n) is 23.6. The molecule has 15 nitrogen and oxygen atoms in total. The van der Waals surface area contributed by atoms with E-state index in [0.29, 0.717) is 18.9 Å². The van der Waals surface area contributed by atoms with Crippen LogP contribution in [0.5, 0.6) is 0 Å². The number of amides is 3. The maximum atomic E-state index is 14.3. The van der Waals surface area contributed by atoms with Crippen LogP contribution in [0.3, 0.4) is 0 Å². The number of nitrogens with zero attached hydrogens (tertiary/aromatic N) is 7. The summed E-state index contributed by atoms with van der Waals surface area (Å²) in [4.78, 5) is 70.1. The van der Waals surface area contributed by atoms with E-state index in [1.54, 1.807) is 22.7 Å². The van der Waals surface area contributed by atoms with Crippen molar-refractivity contribution < 1.29 is 29.0 Å². The second-order valence-corrected chi connectivity index (χ2v) is 21.7. The lowest BCUT2D eigenvalue weighted by Gasteiger charge is -2.35. The average molecular weight is 974 g/mol. The summed E-state index contributed by atoms with van der Waals surface area (Å²) in [5.41, 5.74) is 10.3. The molecule has 0 radical (unpaired) electrons. The molecule has 3 aliphatic rings. The van der Waals surface area contributed by atoms with Gasteiger partial charge in [-0.2, -0.15) is 0 Å². The van der Waals surface area contributed by atoms with E-state index in [4.69, 9.17) is 9.73 Å². The molecular formula is C52H63N9O6S2. The Morgan fingerprint density at radius 3 is 2.28 bits per heavy atom. The van der Waals surface area contributed by atoms with Crippen molar-refractivity contribution >= 4 is 57.6 Å². The summed E-state index contributed by atoms with van der Waals surface area (Å²) < 4.78 is 7.19. The zero-order valence-electron chi connectivity index (χ0n) is 41.1. The third-order valence-electron chi connectivity index (χ3n) is 13.8. The van der Waals surface area contributed by atoms with E-state index in [9.17, 15) is 24.3 Å². The summed E-state index contributed by atoms with van der Waals surface area (Å²) in [7, 11) is 1.39. The summed E-state index contributed by atoms with van der Waals surface area (Å²) in [6.45, 7) is 19.4. The van der Waals surface area contributed by atoms with E-state index in [1.165, 1.54) is 22.5 Å². The molecule has 1 saturated heterocycles. The van der Waals surface area contributed by atoms with Crippen molar-refractivity contribution in [3.63, 3.8) is 0 Å². The van der Waals surface area contributed by atoms with Gasteiger partial charge in [0.05, 0.1) is 47.0 Å². The van der Waals surface area contributed by atoms with Gasteiger partial charge in [-0.1, -0.05) is 75.4 Å². The molecule has 5 aromatic rings. The lowest BCUT2D eigenvalue weighted by atomic mass is 9.85. The van der Waals surface area contributed by atoms with Gasteiger partial charge >= 0.3 is 5.97 Å². The Labute approximate surface area is 412 Å². The number of aliphatic imine (C=N–C) groups is 1. The number of ether oxygens (including phenoxy) is 1. The molecule has 0 unspecified atom stereocenters. The lowest BCUT2D eigenvalue weighted by Crippen LogP contribution is -2.58. The fraction of sp³-hybridized carbons (Fsp3) is 0.462. The Hall–Kier alpha value is -5.88. The van der Waals surface area contributed by atoms with Crippen molar-refractivity contribution in [1.29, 1.82) is 0 Å². The predicted molar refractivity (Wildman–Crippen MR) is 269 cm³/mol. The van der Waals surface area contributed by atoms with Crippen LogP contribution < -0.4 is 10.6 Å². The van der Waals surface area contributed by atoms with Crippen LogP contribution in [-0.2, 0) is 23.9 Å². The number of rotatable bonds is 13. The number of hydrogen-bond acceptors (Lipinski definition) is 13. The molecule has 6 atom stereocenters. The van der Waals surface area contributed by atoms with Crippen molar-refractivity contribution in [2.24, 2.45) is 16.3 Å². The number of β-amino-alcohol motifs (C(OH)–C–C–N with tert-alkyl or cyclic N) is 1. The number of fused-ring (bicyclic) bond motifs is 3. The standard InChI is InChI=1S/C52H63N9O6S2/c1-28-32(5)69-50-42(28)44(56-43(29(2)51(66)67-10)47-58-57-33(6)61(47)50)37-15-13-35(14-16-37)36-19-22-59(23-20-36)24-21-41(63)55-46(52(7,8)9)49(65)60-26-39(62)25-40(60)48(64)54-30(3)34-11-17-38(18-12-34)45-31(4)53-27-68-45/h11-19,27,29-30,39-40,43,46,62H,20-26H2,1-10H3,(H,54,64)(H,55,63)/t29-,30-,39+,40-,43-,46+/m0/s1. The summed E-state index contributed by atoms with van der Waals surface area (Å²) in [5, 5.41) is 26.7. The fourth-order valence-corrected chi connectivity index (χ4v) is 11.5. The maximum absolute atomic E-state index is 14.3. The molecule has 0 saturated carbocycles. The van der Waals surface area contributed by atoms with Gasteiger partial charge in [-0.25, -0.2) is 4.98 Å². The van der Waals surface area contributed by atoms with Crippen LogP contribution in [-0.4, -0.2) is 116 Å². The minimum Gasteiger partial charge on any atom is -0.469 e. The number of carbonyl (C=O) groups is 4. The Morgan fingerprint density at radius 2 is 1.64 bits per heavy atom. The summed E-state index contributed by atoms with van der Waals surface area (Å²) in [5.74, 6) is -0.599. The van der Waals surface area contributed by atoms with E-state index in [0.717, 1.165) is 73.5 Å². The zero-order chi connectivity index (χ0) is 49.5.